The third kappa shape index (κ3) is 4.94. The van der Waals surface area contributed by atoms with Crippen LogP contribution in [0.1, 0.15) is 43.4 Å². The van der Waals surface area contributed by atoms with Crippen molar-refractivity contribution in [3.8, 4) is 16.2 Å². The van der Waals surface area contributed by atoms with Crippen LogP contribution < -0.4 is 10.1 Å². The Labute approximate surface area is 216 Å². The smallest absolute Gasteiger partial charge is 0.419 e. The van der Waals surface area contributed by atoms with Gasteiger partial charge < -0.3 is 15.0 Å². The van der Waals surface area contributed by atoms with Crippen LogP contribution in [-0.4, -0.2) is 47.9 Å². The highest BCUT2D eigenvalue weighted by molar-refractivity contribution is 7.15. The van der Waals surface area contributed by atoms with Gasteiger partial charge in [-0.3, -0.25) is 9.59 Å². The third-order valence-electron chi connectivity index (χ3n) is 7.02. The van der Waals surface area contributed by atoms with E-state index in [1.165, 1.54) is 17.4 Å². The van der Waals surface area contributed by atoms with Crippen LogP contribution in [0.15, 0.2) is 42.5 Å². The van der Waals surface area contributed by atoms with Crippen LogP contribution >= 0.6 is 11.3 Å². The Morgan fingerprint density at radius 2 is 1.97 bits per heavy atom. The minimum Gasteiger partial charge on any atom is -0.496 e. The predicted octanol–water partition coefficient (Wildman–Crippen LogP) is 5.34. The molecule has 1 saturated heterocycles. The number of likely N-dealkylation sites (tertiary alicyclic amines) is 1. The zero-order valence-corrected chi connectivity index (χ0v) is 21.4. The Kier molecular flexibility index (Phi) is 6.47. The molecule has 1 aliphatic heterocycles. The highest BCUT2D eigenvalue weighted by Crippen LogP contribution is 2.50. The summed E-state index contributed by atoms with van der Waals surface area (Å²) >= 11 is 1.47. The highest BCUT2D eigenvalue weighted by atomic mass is 32.1. The maximum absolute atomic E-state index is 13.7. The molecule has 10 heteroatoms. The molecule has 2 aromatic carbocycles. The van der Waals surface area contributed by atoms with E-state index in [0.717, 1.165) is 46.7 Å². The monoisotopic (exact) mass is 529 g/mol. The maximum Gasteiger partial charge on any atom is 0.419 e. The number of methoxy groups -OCH3 is 1. The first-order chi connectivity index (χ1) is 17.6. The number of halogens is 3. The van der Waals surface area contributed by atoms with Gasteiger partial charge in [-0.05, 0) is 55.9 Å². The molecule has 0 unspecified atom stereocenters. The number of benzene rings is 2. The summed E-state index contributed by atoms with van der Waals surface area (Å²) in [6.45, 7) is 4.59. The van der Waals surface area contributed by atoms with Gasteiger partial charge in [0.25, 0.3) is 11.8 Å². The number of piperidine rings is 1. The first kappa shape index (κ1) is 25.3. The Balaban J connectivity index is 1.34. The minimum atomic E-state index is -4.65. The predicted molar refractivity (Wildman–Crippen MR) is 134 cm³/mol. The summed E-state index contributed by atoms with van der Waals surface area (Å²) in [5, 5.41) is 3.54. The van der Waals surface area contributed by atoms with Gasteiger partial charge in [0.15, 0.2) is 0 Å². The fourth-order valence-corrected chi connectivity index (χ4v) is 6.03. The second kappa shape index (κ2) is 9.48. The fourth-order valence-electron chi connectivity index (χ4n) is 5.13. The number of hydrogen-bond donors (Lipinski definition) is 1. The number of aryl methyl sites for hydroxylation is 2. The topological polar surface area (TPSA) is 71.5 Å². The number of rotatable bonds is 6. The van der Waals surface area contributed by atoms with E-state index in [2.05, 4.69) is 10.3 Å². The summed E-state index contributed by atoms with van der Waals surface area (Å²) < 4.78 is 45.0. The van der Waals surface area contributed by atoms with Crippen molar-refractivity contribution < 1.29 is 27.5 Å². The second-order valence-electron chi connectivity index (χ2n) is 9.59. The number of nitrogens with one attached hydrogen (secondary N) is 1. The van der Waals surface area contributed by atoms with Crippen molar-refractivity contribution in [3.63, 3.8) is 0 Å². The Hall–Kier alpha value is -3.40. The Bertz CT molecular complexity index is 1370. The number of alkyl halides is 3. The molecule has 6 nitrogen and oxygen atoms in total. The van der Waals surface area contributed by atoms with Crippen LogP contribution in [0, 0.1) is 25.7 Å². The van der Waals surface area contributed by atoms with E-state index >= 15 is 0 Å². The molecule has 1 N–H and O–H groups in total. The molecule has 3 atom stereocenters. The van der Waals surface area contributed by atoms with E-state index in [1.807, 2.05) is 38.1 Å². The van der Waals surface area contributed by atoms with Crippen molar-refractivity contribution in [1.29, 1.82) is 0 Å². The van der Waals surface area contributed by atoms with Crippen molar-refractivity contribution >= 4 is 23.2 Å². The van der Waals surface area contributed by atoms with Crippen molar-refractivity contribution in [2.75, 3.05) is 20.2 Å². The molecule has 2 aliphatic rings. The average molecular weight is 530 g/mol. The van der Waals surface area contributed by atoms with E-state index in [4.69, 9.17) is 4.74 Å². The molecule has 1 aliphatic carbocycles. The van der Waals surface area contributed by atoms with Crippen LogP contribution in [-0.2, 0) is 6.18 Å². The first-order valence-corrected chi connectivity index (χ1v) is 12.8. The molecule has 1 saturated carbocycles. The summed E-state index contributed by atoms with van der Waals surface area (Å²) in [5.41, 5.74) is 1.29. The number of thiazole rings is 1. The Morgan fingerprint density at radius 1 is 1.19 bits per heavy atom. The molecule has 0 bridgehead atoms. The zero-order valence-electron chi connectivity index (χ0n) is 20.6. The molecule has 2 fully saturated rings. The Morgan fingerprint density at radius 3 is 2.68 bits per heavy atom. The average Bonchev–Trinajstić information content (AvgIpc) is 3.37. The number of carbonyl (C=O) groups excluding carboxylic acids is 2. The summed E-state index contributed by atoms with van der Waals surface area (Å²) in [5.74, 6) is -0.537. The second-order valence-corrected chi connectivity index (χ2v) is 10.8. The number of carbonyl (C=O) groups is 2. The molecular weight excluding hydrogens is 503 g/mol. The summed E-state index contributed by atoms with van der Waals surface area (Å²) in [6, 6.07) is 10.9. The van der Waals surface area contributed by atoms with Gasteiger partial charge in [-0.2, -0.15) is 13.2 Å². The van der Waals surface area contributed by atoms with Crippen molar-refractivity contribution in [2.24, 2.45) is 11.8 Å². The zero-order chi connectivity index (χ0) is 26.5. The van der Waals surface area contributed by atoms with Gasteiger partial charge in [-0.15, -0.1) is 11.3 Å². The van der Waals surface area contributed by atoms with Crippen molar-refractivity contribution in [2.45, 2.75) is 32.5 Å². The number of ether oxygens (including phenoxy) is 1. The van der Waals surface area contributed by atoms with Crippen LogP contribution in [0.2, 0.25) is 0 Å². The van der Waals surface area contributed by atoms with Crippen LogP contribution in [0.3, 0.4) is 0 Å². The number of nitrogens with zero attached hydrogens (tertiary/aromatic N) is 2. The van der Waals surface area contributed by atoms with Crippen LogP contribution in [0.4, 0.5) is 13.2 Å². The summed E-state index contributed by atoms with van der Waals surface area (Å²) in [4.78, 5) is 33.6. The van der Waals surface area contributed by atoms with Gasteiger partial charge >= 0.3 is 6.18 Å². The first-order valence-electron chi connectivity index (χ1n) is 12.0. The van der Waals surface area contributed by atoms with E-state index in [9.17, 15) is 22.8 Å². The minimum absolute atomic E-state index is 0.117. The van der Waals surface area contributed by atoms with E-state index in [1.54, 1.807) is 4.90 Å². The fraction of sp³-hybridized carbons (Fsp3) is 0.370. The molecule has 2 amide bonds. The van der Waals surface area contributed by atoms with Crippen LogP contribution in [0.25, 0.3) is 10.4 Å². The van der Waals surface area contributed by atoms with E-state index < -0.39 is 17.6 Å². The molecule has 1 aromatic heterocycles. The molecule has 194 valence electrons. The molecule has 5 rings (SSSR count). The summed E-state index contributed by atoms with van der Waals surface area (Å²) in [6.07, 6.45) is -3.69. The number of amides is 2. The molecule has 3 aromatic rings. The SMILES string of the molecule is COc1ccc(C(=O)NC[C@@H]2[C@@H]3C[C@@H]3CN2C(=O)c2nc(C)sc2-c2cccc(C)c2)cc1C(F)(F)F. The number of aromatic nitrogens is 1. The van der Waals surface area contributed by atoms with Gasteiger partial charge in [0.2, 0.25) is 0 Å². The molecule has 37 heavy (non-hydrogen) atoms. The van der Waals surface area contributed by atoms with Gasteiger partial charge in [-0.1, -0.05) is 29.8 Å². The standard InChI is InChI=1S/C27H26F3N3O3S/c1-14-5-4-6-16(9-14)24-23(32-15(2)37-24)26(35)33-13-18-10-19(18)21(33)12-31-25(34)17-7-8-22(36-3)20(11-17)27(28,29)30/h4-9,11,18-19,21H,10,12-13H2,1-3H3,(H,31,34)/t18-,19-,21-/m1/s1. The maximum atomic E-state index is 13.7. The van der Waals surface area contributed by atoms with Gasteiger partial charge in [0.1, 0.15) is 11.4 Å². The lowest BCUT2D eigenvalue weighted by molar-refractivity contribution is -0.138. The van der Waals surface area contributed by atoms with E-state index in [-0.39, 0.29) is 35.7 Å². The molecule has 0 radical (unpaired) electrons. The lowest BCUT2D eigenvalue weighted by Crippen LogP contribution is -2.45. The van der Waals surface area contributed by atoms with Gasteiger partial charge in [-0.25, -0.2) is 4.98 Å². The molecule has 2 heterocycles. The number of fused-ring (bicyclic) bond motifs is 1. The lowest BCUT2D eigenvalue weighted by atomic mass is 10.1. The van der Waals surface area contributed by atoms with E-state index in [0.29, 0.717) is 18.2 Å². The summed E-state index contributed by atoms with van der Waals surface area (Å²) in [7, 11) is 1.15. The van der Waals surface area contributed by atoms with Gasteiger partial charge in [0.05, 0.1) is 28.6 Å². The van der Waals surface area contributed by atoms with Gasteiger partial charge in [0, 0.05) is 18.7 Å². The lowest BCUT2D eigenvalue weighted by Gasteiger charge is -2.27. The van der Waals surface area contributed by atoms with Crippen LogP contribution in [0.5, 0.6) is 5.75 Å². The highest BCUT2D eigenvalue weighted by Gasteiger charge is 2.54. The number of hydrogen-bond acceptors (Lipinski definition) is 5. The molecular formula is C27H26F3N3O3S. The third-order valence-corrected chi connectivity index (χ3v) is 8.04. The normalized spacial score (nSPS) is 20.5. The van der Waals surface area contributed by atoms with Crippen molar-refractivity contribution in [3.05, 3.63) is 69.9 Å². The molecule has 0 spiro atoms. The van der Waals surface area contributed by atoms with Crippen molar-refractivity contribution in [1.82, 2.24) is 15.2 Å². The largest absolute Gasteiger partial charge is 0.496 e. The quantitative estimate of drug-likeness (QED) is 0.468.